The minimum absolute atomic E-state index is 0. The molecule has 0 bridgehead atoms. The lowest BCUT2D eigenvalue weighted by molar-refractivity contribution is 0.467. The first kappa shape index (κ1) is 9.05. The van der Waals surface area contributed by atoms with Gasteiger partial charge in [-0.15, -0.1) is 17.0 Å². The molecule has 0 fully saturated rings. The first-order valence-corrected chi connectivity index (χ1v) is 2.95. The Labute approximate surface area is 70.8 Å². The third kappa shape index (κ3) is 2.41. The van der Waals surface area contributed by atoms with Crippen LogP contribution in [0.5, 0.6) is 0 Å². The Balaban J connectivity index is 0.000000640. The van der Waals surface area contributed by atoms with Crippen molar-refractivity contribution in [3.63, 3.8) is 0 Å². The van der Waals surface area contributed by atoms with Crippen molar-refractivity contribution in [3.05, 3.63) is 24.4 Å². The summed E-state index contributed by atoms with van der Waals surface area (Å²) in [4.78, 5) is 1.93. The largest absolute Gasteiger partial charge is 0.361 e. The van der Waals surface area contributed by atoms with E-state index in [4.69, 9.17) is 11.6 Å². The topological polar surface area (TPSA) is 3.24 Å². The number of alkyl halides is 1. The van der Waals surface area contributed by atoms with E-state index in [1.54, 1.807) is 0 Å². The van der Waals surface area contributed by atoms with Gasteiger partial charge in [-0.05, 0) is 12.2 Å². The standard InChI is InChI=1S/C6H8ClN.BrH/c1-8-5-3-2-4-6(8)7;/h2-6H,1H3;1H. The summed E-state index contributed by atoms with van der Waals surface area (Å²) in [6.45, 7) is 0. The van der Waals surface area contributed by atoms with Crippen molar-refractivity contribution in [1.82, 2.24) is 4.90 Å². The lowest BCUT2D eigenvalue weighted by atomic mass is 10.4. The van der Waals surface area contributed by atoms with Gasteiger partial charge in [0.1, 0.15) is 5.50 Å². The van der Waals surface area contributed by atoms with Crippen LogP contribution in [0, 0.1) is 0 Å². The van der Waals surface area contributed by atoms with Gasteiger partial charge in [0.25, 0.3) is 0 Å². The average molecular weight is 211 g/mol. The Kier molecular flexibility index (Phi) is 3.98. The lowest BCUT2D eigenvalue weighted by Gasteiger charge is -2.19. The molecule has 0 saturated carbocycles. The zero-order chi connectivity index (χ0) is 5.98. The van der Waals surface area contributed by atoms with Crippen LogP contribution >= 0.6 is 28.6 Å². The minimum atomic E-state index is 0. The molecule has 52 valence electrons. The molecule has 1 heterocycles. The molecule has 1 aliphatic rings. The van der Waals surface area contributed by atoms with Crippen LogP contribution in [0.1, 0.15) is 0 Å². The number of halogens is 2. The van der Waals surface area contributed by atoms with Crippen LogP contribution in [-0.2, 0) is 0 Å². The highest BCUT2D eigenvalue weighted by Crippen LogP contribution is 2.07. The second-order valence-electron chi connectivity index (χ2n) is 1.76. The Morgan fingerprint density at radius 3 is 2.44 bits per heavy atom. The first-order chi connectivity index (χ1) is 3.80. The summed E-state index contributed by atoms with van der Waals surface area (Å²) in [5, 5.41) is 0. The fraction of sp³-hybridized carbons (Fsp3) is 0.333. The van der Waals surface area contributed by atoms with E-state index in [0.29, 0.717) is 0 Å². The molecule has 1 unspecified atom stereocenters. The van der Waals surface area contributed by atoms with Crippen LogP contribution in [0.4, 0.5) is 0 Å². The summed E-state index contributed by atoms with van der Waals surface area (Å²) in [7, 11) is 1.94. The maximum atomic E-state index is 5.75. The molecule has 0 spiro atoms. The van der Waals surface area contributed by atoms with Gasteiger partial charge in [-0.25, -0.2) is 0 Å². The predicted octanol–water partition coefficient (Wildman–Crippen LogP) is 2.14. The van der Waals surface area contributed by atoms with Crippen LogP contribution < -0.4 is 0 Å². The van der Waals surface area contributed by atoms with Crippen LogP contribution in [-0.4, -0.2) is 17.4 Å². The third-order valence-corrected chi connectivity index (χ3v) is 1.54. The molecule has 9 heavy (non-hydrogen) atoms. The van der Waals surface area contributed by atoms with Crippen LogP contribution in [0.3, 0.4) is 0 Å². The number of hydrogen-bond acceptors (Lipinski definition) is 1. The predicted molar refractivity (Wildman–Crippen MR) is 46.0 cm³/mol. The number of nitrogens with zero attached hydrogens (tertiary/aromatic N) is 1. The summed E-state index contributed by atoms with van der Waals surface area (Å²) in [6, 6.07) is 0. The molecule has 0 aliphatic carbocycles. The maximum absolute atomic E-state index is 5.75. The smallest absolute Gasteiger partial charge is 0.122 e. The molecule has 0 aromatic heterocycles. The normalized spacial score (nSPS) is 23.8. The Hall–Kier alpha value is 0.0500. The quantitative estimate of drug-likeness (QED) is 0.437. The van der Waals surface area contributed by atoms with Crippen LogP contribution in [0.25, 0.3) is 0 Å². The molecule has 3 heteroatoms. The van der Waals surface area contributed by atoms with Gasteiger partial charge >= 0.3 is 0 Å². The maximum Gasteiger partial charge on any atom is 0.122 e. The van der Waals surface area contributed by atoms with E-state index in [9.17, 15) is 0 Å². The Morgan fingerprint density at radius 2 is 2.11 bits per heavy atom. The second kappa shape index (κ2) is 3.96. The van der Waals surface area contributed by atoms with Gasteiger partial charge in [-0.2, -0.15) is 0 Å². The molecule has 0 N–H and O–H groups in total. The van der Waals surface area contributed by atoms with E-state index in [1.165, 1.54) is 0 Å². The number of hydrogen-bond donors (Lipinski definition) is 0. The Morgan fingerprint density at radius 1 is 1.44 bits per heavy atom. The van der Waals surface area contributed by atoms with Crippen molar-refractivity contribution in [2.45, 2.75) is 5.50 Å². The fourth-order valence-corrected chi connectivity index (χ4v) is 0.708. The number of rotatable bonds is 0. The minimum Gasteiger partial charge on any atom is -0.361 e. The van der Waals surface area contributed by atoms with Crippen molar-refractivity contribution in [3.8, 4) is 0 Å². The zero-order valence-electron chi connectivity index (χ0n) is 5.12. The summed E-state index contributed by atoms with van der Waals surface area (Å²) < 4.78 is 0. The van der Waals surface area contributed by atoms with Crippen molar-refractivity contribution in [2.24, 2.45) is 0 Å². The van der Waals surface area contributed by atoms with E-state index >= 15 is 0 Å². The molecule has 1 aliphatic heterocycles. The third-order valence-electron chi connectivity index (χ3n) is 1.09. The monoisotopic (exact) mass is 209 g/mol. The summed E-state index contributed by atoms with van der Waals surface area (Å²) >= 11 is 5.75. The number of allylic oxidation sites excluding steroid dienone is 2. The van der Waals surface area contributed by atoms with Gasteiger partial charge in [0.05, 0.1) is 0 Å². The Bertz CT molecular complexity index is 117. The molecule has 1 atom stereocenters. The van der Waals surface area contributed by atoms with Gasteiger partial charge in [-0.3, -0.25) is 0 Å². The first-order valence-electron chi connectivity index (χ1n) is 2.52. The highest BCUT2D eigenvalue weighted by atomic mass is 79.9. The average Bonchev–Trinajstić information content (AvgIpc) is 1.77. The summed E-state index contributed by atoms with van der Waals surface area (Å²) in [6.07, 6.45) is 7.77. The van der Waals surface area contributed by atoms with E-state index in [0.717, 1.165) is 0 Å². The molecule has 1 nitrogen and oxygen atoms in total. The molecule has 0 aromatic rings. The van der Waals surface area contributed by atoms with Gasteiger partial charge < -0.3 is 4.90 Å². The van der Waals surface area contributed by atoms with Crippen molar-refractivity contribution < 1.29 is 0 Å². The molecule has 0 saturated heterocycles. The van der Waals surface area contributed by atoms with Gasteiger partial charge in [0.15, 0.2) is 0 Å². The van der Waals surface area contributed by atoms with Gasteiger partial charge in [-0.1, -0.05) is 17.7 Å². The zero-order valence-corrected chi connectivity index (χ0v) is 7.59. The summed E-state index contributed by atoms with van der Waals surface area (Å²) in [5.41, 5.74) is 0.0417. The fourth-order valence-electron chi connectivity index (χ4n) is 0.559. The second-order valence-corrected chi connectivity index (χ2v) is 2.21. The molecular formula is C6H9BrClN. The molecule has 1 rings (SSSR count). The van der Waals surface area contributed by atoms with Gasteiger partial charge in [0, 0.05) is 13.2 Å². The molecule has 0 amide bonds. The van der Waals surface area contributed by atoms with Crippen molar-refractivity contribution in [1.29, 1.82) is 0 Å². The van der Waals surface area contributed by atoms with Crippen molar-refractivity contribution >= 4 is 28.6 Å². The van der Waals surface area contributed by atoms with E-state index in [1.807, 2.05) is 36.4 Å². The van der Waals surface area contributed by atoms with Crippen LogP contribution in [0.15, 0.2) is 24.4 Å². The molecule has 0 aromatic carbocycles. The van der Waals surface area contributed by atoms with Crippen LogP contribution in [0.2, 0.25) is 0 Å². The lowest BCUT2D eigenvalue weighted by Crippen LogP contribution is -2.20. The molecule has 0 radical (unpaired) electrons. The molecular weight excluding hydrogens is 201 g/mol. The summed E-state index contributed by atoms with van der Waals surface area (Å²) in [5.74, 6) is 0. The van der Waals surface area contributed by atoms with E-state index in [-0.39, 0.29) is 22.5 Å². The van der Waals surface area contributed by atoms with Gasteiger partial charge in [0.2, 0.25) is 0 Å². The SMILES string of the molecule is Br.CN1C=CC=CC1Cl. The highest BCUT2D eigenvalue weighted by Gasteiger charge is 2.03. The number of likely N-dealkylation sites (N-methyl/N-ethyl adjacent to an activating group) is 1. The van der Waals surface area contributed by atoms with E-state index in [2.05, 4.69) is 0 Å². The van der Waals surface area contributed by atoms with E-state index < -0.39 is 0 Å². The van der Waals surface area contributed by atoms with Crippen molar-refractivity contribution in [2.75, 3.05) is 7.05 Å². The highest BCUT2D eigenvalue weighted by molar-refractivity contribution is 8.93.